The van der Waals surface area contributed by atoms with Gasteiger partial charge in [0.1, 0.15) is 41.7 Å². The highest BCUT2D eigenvalue weighted by Crippen LogP contribution is 2.64. The minimum atomic E-state index is -2.45. The lowest BCUT2D eigenvalue weighted by molar-refractivity contribution is -0.346. The number of nitrogens with one attached hydrogen (secondary N) is 2. The molecule has 2 aromatic rings. The molecule has 5 N–H and O–H groups in total. The molecule has 0 aromatic heterocycles. The number of carbonyl (C=O) groups excluding carboxylic acids is 7. The molecule has 19 heteroatoms. The number of amides is 2. The van der Waals surface area contributed by atoms with Gasteiger partial charge in [0.05, 0.1) is 36.0 Å². The van der Waals surface area contributed by atoms with E-state index in [0.717, 1.165) is 26.2 Å². The minimum absolute atomic E-state index is 0.0483. The Kier molecular flexibility index (Phi) is 15.3. The Hall–Kier alpha value is -5.73. The molecule has 2 saturated carbocycles. The number of hydrogen-bond acceptors (Lipinski definition) is 17. The Morgan fingerprint density at radius 2 is 1.54 bits per heavy atom. The van der Waals surface area contributed by atoms with E-state index >= 15 is 9.59 Å². The fraction of sp³-hybridized carbons (Fsp3) is 0.596. The number of esters is 4. The summed E-state index contributed by atoms with van der Waals surface area (Å²) < 4.78 is 36.1. The number of benzene rings is 2. The maximum atomic E-state index is 15.2. The Labute approximate surface area is 412 Å². The van der Waals surface area contributed by atoms with Crippen LogP contribution >= 0.6 is 0 Å². The number of aliphatic hydroxyl groups excluding tert-OH is 2. The van der Waals surface area contributed by atoms with E-state index < -0.39 is 131 Å². The molecule has 11 atom stereocenters. The number of carbonyl (C=O) groups is 7. The highest BCUT2D eigenvalue weighted by atomic mass is 16.6. The van der Waals surface area contributed by atoms with Crippen LogP contribution in [0.4, 0.5) is 4.79 Å². The summed E-state index contributed by atoms with van der Waals surface area (Å²) in [7, 11) is 0. The van der Waals surface area contributed by atoms with E-state index in [2.05, 4.69) is 10.7 Å². The first kappa shape index (κ1) is 53.1. The summed E-state index contributed by atoms with van der Waals surface area (Å²) in [5.74, 6) is -7.01. The average Bonchev–Trinajstić information content (AvgIpc) is 3.30. The van der Waals surface area contributed by atoms with Gasteiger partial charge in [0.15, 0.2) is 11.4 Å². The van der Waals surface area contributed by atoms with Gasteiger partial charge in [0.25, 0.3) is 0 Å². The van der Waals surface area contributed by atoms with Crippen molar-refractivity contribution in [3.8, 4) is 0 Å². The van der Waals surface area contributed by atoms with Gasteiger partial charge in [0, 0.05) is 44.7 Å². The quantitative estimate of drug-likeness (QED) is 0.107. The van der Waals surface area contributed by atoms with Crippen LogP contribution in [0, 0.1) is 16.7 Å². The topological polar surface area (TPSA) is 263 Å². The zero-order valence-electron chi connectivity index (χ0n) is 41.6. The summed E-state index contributed by atoms with van der Waals surface area (Å²) in [5.41, 5.74) is -5.94. The summed E-state index contributed by atoms with van der Waals surface area (Å²) >= 11 is 0. The first-order valence-corrected chi connectivity index (χ1v) is 24.2. The van der Waals surface area contributed by atoms with Crippen LogP contribution in [0.1, 0.15) is 122 Å². The van der Waals surface area contributed by atoms with E-state index in [4.69, 9.17) is 28.4 Å². The van der Waals surface area contributed by atoms with Crippen molar-refractivity contribution in [2.24, 2.45) is 16.7 Å². The predicted octanol–water partition coefficient (Wildman–Crippen LogP) is 4.11. The molecule has 2 heterocycles. The number of rotatable bonds is 13. The first-order chi connectivity index (χ1) is 33.3. The molecule has 0 spiro atoms. The van der Waals surface area contributed by atoms with Gasteiger partial charge >= 0.3 is 30.0 Å². The van der Waals surface area contributed by atoms with Crippen molar-refractivity contribution in [3.05, 3.63) is 82.9 Å². The number of piperidine rings is 1. The van der Waals surface area contributed by atoms with Gasteiger partial charge in [-0.1, -0.05) is 68.8 Å². The first-order valence-electron chi connectivity index (χ1n) is 24.2. The molecule has 2 saturated heterocycles. The molecule has 2 aliphatic heterocycles. The fourth-order valence-corrected chi connectivity index (χ4v) is 11.3. The molecule has 19 nitrogen and oxygen atoms in total. The summed E-state index contributed by atoms with van der Waals surface area (Å²) in [6, 6.07) is 14.4. The van der Waals surface area contributed by atoms with Crippen molar-refractivity contribution in [3.63, 3.8) is 0 Å². The Bertz CT molecular complexity index is 2400. The standard InChI is InChI=1S/C52H67N3O16/c1-29-33(67-46(63)41(68-37(59)23-22-36(58)54-55-24-16-11-17-25-55)39(31-18-12-9-13-19-31)53-47(64)71-48(3,4)5)27-52(65)44(69-45(62)32-20-14-10-15-21-32)42-50(8,43(61)40(60)38(29)49(52,6)7)34(57)26-35-51(42,28-66-35)70-30(2)56/h9-10,12-15,18-21,33-35,39-42,44,57,60,65H,11,16-17,22-28H2,1-8H3,(H,53,64)(H,54,58)/t33-,34-,35+,39-,40+,41+,42-,44-,50+,51-,52+/m0/s1. The van der Waals surface area contributed by atoms with Gasteiger partial charge in [0.2, 0.25) is 12.0 Å². The zero-order valence-corrected chi connectivity index (χ0v) is 41.6. The zero-order chi connectivity index (χ0) is 51.8. The van der Waals surface area contributed by atoms with E-state index in [0.29, 0.717) is 13.1 Å². The van der Waals surface area contributed by atoms with Crippen LogP contribution in [0.5, 0.6) is 0 Å². The molecule has 2 amide bonds. The summed E-state index contributed by atoms with van der Waals surface area (Å²) in [6.07, 6.45) is -9.95. The molecular weight excluding hydrogens is 923 g/mol. The van der Waals surface area contributed by atoms with Crippen molar-refractivity contribution in [2.45, 2.75) is 160 Å². The second kappa shape index (κ2) is 20.4. The van der Waals surface area contributed by atoms with Crippen LogP contribution in [0.3, 0.4) is 0 Å². The summed E-state index contributed by atoms with van der Waals surface area (Å²) in [4.78, 5) is 98.1. The largest absolute Gasteiger partial charge is 0.455 e. The third-order valence-corrected chi connectivity index (χ3v) is 15.0. The molecule has 71 heavy (non-hydrogen) atoms. The lowest BCUT2D eigenvalue weighted by Gasteiger charge is -2.67. The molecule has 4 fully saturated rings. The number of hydrazine groups is 1. The normalized spacial score (nSPS) is 31.1. The van der Waals surface area contributed by atoms with E-state index in [1.807, 2.05) is 0 Å². The second-order valence-electron chi connectivity index (χ2n) is 21.1. The number of hydrogen-bond donors (Lipinski definition) is 5. The molecule has 2 bridgehead atoms. The van der Waals surface area contributed by atoms with E-state index in [1.165, 1.54) is 39.8 Å². The molecule has 3 aliphatic carbocycles. The lowest BCUT2D eigenvalue weighted by Crippen LogP contribution is -2.81. The lowest BCUT2D eigenvalue weighted by atomic mass is 9.44. The van der Waals surface area contributed by atoms with Crippen LogP contribution in [-0.4, -0.2) is 135 Å². The summed E-state index contributed by atoms with van der Waals surface area (Å²) in [5, 5.41) is 42.6. The molecule has 386 valence electrons. The third kappa shape index (κ3) is 10.3. The van der Waals surface area contributed by atoms with Crippen molar-refractivity contribution in [1.29, 1.82) is 0 Å². The Balaban J connectivity index is 1.32. The Morgan fingerprint density at radius 3 is 2.13 bits per heavy atom. The smallest absolute Gasteiger partial charge is 0.408 e. The minimum Gasteiger partial charge on any atom is -0.455 e. The average molecular weight is 990 g/mol. The molecule has 0 radical (unpaired) electrons. The predicted molar refractivity (Wildman–Crippen MR) is 250 cm³/mol. The van der Waals surface area contributed by atoms with Gasteiger partial charge in [-0.2, -0.15) is 0 Å². The molecule has 7 rings (SSSR count). The maximum absolute atomic E-state index is 15.2. The number of fused-ring (bicyclic) bond motifs is 5. The van der Waals surface area contributed by atoms with Crippen LogP contribution < -0.4 is 10.7 Å². The molecule has 5 aliphatic rings. The van der Waals surface area contributed by atoms with Crippen LogP contribution in [0.25, 0.3) is 0 Å². The SMILES string of the molecule is CC(=O)O[C@@]12CO[C@@H]1C[C@H](O)[C@@]1(C)C(=O)[C@H](O)C3=C(C)[C@@H](OC(=O)[C@H](OC(=O)CCC(=O)NN4CCCCC4)[C@@H](NC(=O)OC(C)(C)C)c4ccccc4)C[C@@](O)([C@@H](OC(=O)c4ccccc4)[C@H]21)C3(C)C. The van der Waals surface area contributed by atoms with E-state index in [-0.39, 0.29) is 41.7 Å². The number of Topliss-reactive ketones (excluding diaryl/α,β-unsaturated/α-hetero) is 1. The number of ketones is 1. The highest BCUT2D eigenvalue weighted by molar-refractivity contribution is 5.94. The van der Waals surface area contributed by atoms with Crippen LogP contribution in [0.15, 0.2) is 71.8 Å². The second-order valence-corrected chi connectivity index (χ2v) is 21.1. The van der Waals surface area contributed by atoms with Gasteiger partial charge < -0.3 is 49.1 Å². The van der Waals surface area contributed by atoms with E-state index in [1.54, 1.807) is 74.3 Å². The van der Waals surface area contributed by atoms with Gasteiger partial charge in [-0.25, -0.2) is 19.4 Å². The fourth-order valence-electron chi connectivity index (χ4n) is 11.3. The maximum Gasteiger partial charge on any atom is 0.408 e. The van der Waals surface area contributed by atoms with Gasteiger partial charge in [-0.15, -0.1) is 0 Å². The summed E-state index contributed by atoms with van der Waals surface area (Å²) in [6.45, 7) is 12.9. The number of ether oxygens (including phenoxy) is 6. The number of alkyl carbamates (subject to hydrolysis) is 1. The number of nitrogens with zero attached hydrogens (tertiary/aromatic N) is 1. The van der Waals surface area contributed by atoms with Crippen LogP contribution in [-0.2, 0) is 52.4 Å². The van der Waals surface area contributed by atoms with Crippen molar-refractivity contribution < 1.29 is 77.3 Å². The van der Waals surface area contributed by atoms with Gasteiger partial charge in [-0.05, 0) is 76.3 Å². The monoisotopic (exact) mass is 989 g/mol. The molecular formula is C52H67N3O16. The highest BCUT2D eigenvalue weighted by Gasteiger charge is 2.78. The van der Waals surface area contributed by atoms with Crippen molar-refractivity contribution in [1.82, 2.24) is 15.8 Å². The van der Waals surface area contributed by atoms with Crippen LogP contribution in [0.2, 0.25) is 0 Å². The molecule has 0 unspecified atom stereocenters. The number of aliphatic hydroxyl groups is 3. The van der Waals surface area contributed by atoms with Crippen molar-refractivity contribution >= 4 is 41.7 Å². The Morgan fingerprint density at radius 1 is 0.901 bits per heavy atom. The van der Waals surface area contributed by atoms with E-state index in [9.17, 15) is 39.3 Å². The third-order valence-electron chi connectivity index (χ3n) is 15.0. The van der Waals surface area contributed by atoms with Gasteiger partial charge in [-0.3, -0.25) is 24.6 Å². The van der Waals surface area contributed by atoms with Crippen molar-refractivity contribution in [2.75, 3.05) is 19.7 Å². The molecule has 2 aromatic carbocycles.